The van der Waals surface area contributed by atoms with Crippen LogP contribution in [0.5, 0.6) is 0 Å². The monoisotopic (exact) mass is 361 g/mol. The zero-order valence-electron chi connectivity index (χ0n) is 16.0. The second kappa shape index (κ2) is 8.41. The summed E-state index contributed by atoms with van der Waals surface area (Å²) in [5.41, 5.74) is 7.16. The van der Waals surface area contributed by atoms with E-state index in [1.165, 1.54) is 16.7 Å². The number of benzene rings is 4. The van der Waals surface area contributed by atoms with E-state index in [1.54, 1.807) is 0 Å². The van der Waals surface area contributed by atoms with E-state index in [0.717, 1.165) is 17.1 Å². The van der Waals surface area contributed by atoms with Crippen LogP contribution >= 0.6 is 0 Å². The third kappa shape index (κ3) is 4.05. The van der Waals surface area contributed by atoms with Crippen LogP contribution in [0.15, 0.2) is 109 Å². The minimum absolute atomic E-state index is 1.15. The van der Waals surface area contributed by atoms with E-state index in [2.05, 4.69) is 127 Å². The molecule has 0 aliphatic heterocycles. The summed E-state index contributed by atoms with van der Waals surface area (Å²) in [7, 11) is 0. The van der Waals surface area contributed by atoms with Crippen molar-refractivity contribution in [2.24, 2.45) is 0 Å². The van der Waals surface area contributed by atoms with Gasteiger partial charge in [-0.1, -0.05) is 84.9 Å². The molecule has 0 unspecified atom stereocenters. The van der Waals surface area contributed by atoms with E-state index in [0.29, 0.717) is 0 Å². The first kappa shape index (κ1) is 17.8. The smallest absolute Gasteiger partial charge is 0.0464 e. The van der Waals surface area contributed by atoms with Crippen molar-refractivity contribution in [3.05, 3.63) is 126 Å². The molecule has 0 amide bonds. The van der Waals surface area contributed by atoms with E-state index in [-0.39, 0.29) is 0 Å². The van der Waals surface area contributed by atoms with E-state index >= 15 is 0 Å². The van der Waals surface area contributed by atoms with Gasteiger partial charge in [0.1, 0.15) is 0 Å². The molecule has 4 aromatic carbocycles. The molecule has 0 saturated heterocycles. The Hall–Kier alpha value is -3.58. The third-order valence-electron chi connectivity index (χ3n) is 4.80. The van der Waals surface area contributed by atoms with Gasteiger partial charge in [-0.15, -0.1) is 0 Å². The molecule has 136 valence electrons. The third-order valence-corrected chi connectivity index (χ3v) is 4.80. The summed E-state index contributed by atoms with van der Waals surface area (Å²) in [5, 5.41) is 0. The van der Waals surface area contributed by atoms with Crippen LogP contribution in [0.2, 0.25) is 0 Å². The van der Waals surface area contributed by atoms with E-state index in [1.807, 2.05) is 6.07 Å². The molecule has 0 atom stereocenters. The Labute approximate surface area is 167 Å². The number of para-hydroxylation sites is 2. The van der Waals surface area contributed by atoms with Gasteiger partial charge in [0.2, 0.25) is 0 Å². The predicted octanol–water partition coefficient (Wildman–Crippen LogP) is 7.64. The van der Waals surface area contributed by atoms with Crippen molar-refractivity contribution in [3.63, 3.8) is 0 Å². The first-order valence-electron chi connectivity index (χ1n) is 9.55. The zero-order chi connectivity index (χ0) is 19.2. The molecule has 28 heavy (non-hydrogen) atoms. The molecule has 0 aliphatic rings. The molecule has 4 rings (SSSR count). The summed E-state index contributed by atoms with van der Waals surface area (Å²) in [5.74, 6) is 0. The van der Waals surface area contributed by atoms with E-state index < -0.39 is 0 Å². The SMILES string of the molecule is Cc1cc(N(c2ccccc2)c2ccccc2)ccc1/C=C/c1ccccc1. The molecule has 1 heteroatoms. The van der Waals surface area contributed by atoms with Crippen molar-refractivity contribution in [2.75, 3.05) is 4.90 Å². The molecule has 4 aromatic rings. The van der Waals surface area contributed by atoms with Gasteiger partial charge >= 0.3 is 0 Å². The fourth-order valence-electron chi connectivity index (χ4n) is 3.34. The molecule has 0 radical (unpaired) electrons. The summed E-state index contributed by atoms with van der Waals surface area (Å²) in [6.45, 7) is 2.17. The summed E-state index contributed by atoms with van der Waals surface area (Å²) in [6.07, 6.45) is 4.35. The van der Waals surface area contributed by atoms with E-state index in [9.17, 15) is 0 Å². The second-order valence-corrected chi connectivity index (χ2v) is 6.79. The maximum Gasteiger partial charge on any atom is 0.0464 e. The second-order valence-electron chi connectivity index (χ2n) is 6.79. The number of aryl methyl sites for hydroxylation is 1. The fraction of sp³-hybridized carbons (Fsp3) is 0.0370. The maximum atomic E-state index is 2.29. The van der Waals surface area contributed by atoms with Crippen LogP contribution < -0.4 is 4.90 Å². The molecule has 0 heterocycles. The number of anilines is 3. The highest BCUT2D eigenvalue weighted by Crippen LogP contribution is 2.35. The number of nitrogens with zero attached hydrogens (tertiary/aromatic N) is 1. The van der Waals surface area contributed by atoms with Gasteiger partial charge in [-0.2, -0.15) is 0 Å². The standard InChI is InChI=1S/C27H23N/c1-22-21-27(20-19-24(22)18-17-23-11-5-2-6-12-23)28(25-13-7-3-8-14-25)26-15-9-4-10-16-26/h2-21H,1H3/b18-17+. The lowest BCUT2D eigenvalue weighted by Crippen LogP contribution is -2.09. The number of hydrogen-bond donors (Lipinski definition) is 0. The van der Waals surface area contributed by atoms with Crippen LogP contribution in [-0.2, 0) is 0 Å². The van der Waals surface area contributed by atoms with Gasteiger partial charge in [-0.3, -0.25) is 0 Å². The summed E-state index contributed by atoms with van der Waals surface area (Å²) in [4.78, 5) is 2.29. The van der Waals surface area contributed by atoms with E-state index in [4.69, 9.17) is 0 Å². The van der Waals surface area contributed by atoms with Crippen LogP contribution in [0.3, 0.4) is 0 Å². The normalized spacial score (nSPS) is 10.9. The van der Waals surface area contributed by atoms with Crippen molar-refractivity contribution in [3.8, 4) is 0 Å². The minimum Gasteiger partial charge on any atom is -0.310 e. The van der Waals surface area contributed by atoms with Crippen LogP contribution in [0.25, 0.3) is 12.2 Å². The lowest BCUT2D eigenvalue weighted by Gasteiger charge is -2.26. The van der Waals surface area contributed by atoms with Gasteiger partial charge in [-0.05, 0) is 60.0 Å². The molecule has 0 N–H and O–H groups in total. The zero-order valence-corrected chi connectivity index (χ0v) is 16.0. The van der Waals surface area contributed by atoms with Gasteiger partial charge in [0.15, 0.2) is 0 Å². The average molecular weight is 361 g/mol. The van der Waals surface area contributed by atoms with Gasteiger partial charge in [0.25, 0.3) is 0 Å². The first-order chi connectivity index (χ1) is 13.8. The van der Waals surface area contributed by atoms with Crippen molar-refractivity contribution in [1.29, 1.82) is 0 Å². The minimum atomic E-state index is 1.15. The lowest BCUT2D eigenvalue weighted by atomic mass is 10.0. The van der Waals surface area contributed by atoms with Gasteiger partial charge in [-0.25, -0.2) is 0 Å². The Bertz CT molecular complexity index is 1010. The highest BCUT2D eigenvalue weighted by atomic mass is 15.1. The molecule has 0 bridgehead atoms. The Morgan fingerprint density at radius 3 is 1.61 bits per heavy atom. The molecule has 0 fully saturated rings. The largest absolute Gasteiger partial charge is 0.310 e. The molecule has 0 saturated carbocycles. The topological polar surface area (TPSA) is 3.24 Å². The molecule has 1 nitrogen and oxygen atoms in total. The van der Waals surface area contributed by atoms with Crippen molar-refractivity contribution < 1.29 is 0 Å². The maximum absolute atomic E-state index is 2.29. The van der Waals surface area contributed by atoms with Crippen LogP contribution in [0, 0.1) is 6.92 Å². The highest BCUT2D eigenvalue weighted by molar-refractivity contribution is 5.79. The predicted molar refractivity (Wildman–Crippen MR) is 121 cm³/mol. The van der Waals surface area contributed by atoms with Gasteiger partial charge < -0.3 is 4.90 Å². The molecular formula is C27H23N. The molecule has 0 aromatic heterocycles. The summed E-state index contributed by atoms with van der Waals surface area (Å²) >= 11 is 0. The molecular weight excluding hydrogens is 338 g/mol. The summed E-state index contributed by atoms with van der Waals surface area (Å²) < 4.78 is 0. The Kier molecular flexibility index (Phi) is 5.35. The highest BCUT2D eigenvalue weighted by Gasteiger charge is 2.12. The summed E-state index contributed by atoms with van der Waals surface area (Å²) in [6, 6.07) is 38.0. The molecule has 0 aliphatic carbocycles. The van der Waals surface area contributed by atoms with Crippen LogP contribution in [-0.4, -0.2) is 0 Å². The van der Waals surface area contributed by atoms with Crippen LogP contribution in [0.1, 0.15) is 16.7 Å². The van der Waals surface area contributed by atoms with Crippen molar-refractivity contribution >= 4 is 29.2 Å². The Morgan fingerprint density at radius 2 is 1.07 bits per heavy atom. The van der Waals surface area contributed by atoms with Crippen molar-refractivity contribution in [2.45, 2.75) is 6.92 Å². The lowest BCUT2D eigenvalue weighted by molar-refractivity contribution is 1.27. The number of rotatable bonds is 5. The fourth-order valence-corrected chi connectivity index (χ4v) is 3.34. The first-order valence-corrected chi connectivity index (χ1v) is 9.55. The quantitative estimate of drug-likeness (QED) is 0.330. The number of hydrogen-bond acceptors (Lipinski definition) is 1. The Morgan fingerprint density at radius 1 is 0.536 bits per heavy atom. The van der Waals surface area contributed by atoms with Crippen LogP contribution in [0.4, 0.5) is 17.1 Å². The average Bonchev–Trinajstić information content (AvgIpc) is 2.76. The molecule has 0 spiro atoms. The Balaban J connectivity index is 1.70. The van der Waals surface area contributed by atoms with Crippen molar-refractivity contribution in [1.82, 2.24) is 0 Å². The van der Waals surface area contributed by atoms with Gasteiger partial charge in [0, 0.05) is 17.1 Å². The van der Waals surface area contributed by atoms with Gasteiger partial charge in [0.05, 0.1) is 0 Å².